The lowest BCUT2D eigenvalue weighted by atomic mass is 10.2. The predicted molar refractivity (Wildman–Crippen MR) is 52.2 cm³/mol. The van der Waals surface area contributed by atoms with Gasteiger partial charge in [-0.25, -0.2) is 0 Å². The normalized spacial score (nSPS) is 12.8. The van der Waals surface area contributed by atoms with Crippen molar-refractivity contribution in [1.29, 1.82) is 0 Å². The van der Waals surface area contributed by atoms with Gasteiger partial charge in [-0.05, 0) is 31.5 Å². The summed E-state index contributed by atoms with van der Waals surface area (Å²) in [4.78, 5) is 4.01. The molecule has 0 bridgehead atoms. The molecule has 0 aliphatic heterocycles. The molecular formula is C10H16N2O. The molecule has 0 fully saturated rings. The van der Waals surface area contributed by atoms with E-state index in [2.05, 4.69) is 10.3 Å². The molecule has 0 aromatic carbocycles. The number of pyridine rings is 1. The van der Waals surface area contributed by atoms with Crippen LogP contribution in [-0.4, -0.2) is 22.7 Å². The minimum Gasteiger partial charge on any atom is -0.393 e. The van der Waals surface area contributed by atoms with Crippen molar-refractivity contribution in [1.82, 2.24) is 10.3 Å². The van der Waals surface area contributed by atoms with Gasteiger partial charge in [0.05, 0.1) is 6.10 Å². The van der Waals surface area contributed by atoms with E-state index in [4.69, 9.17) is 5.11 Å². The van der Waals surface area contributed by atoms with Crippen LogP contribution in [-0.2, 0) is 6.54 Å². The van der Waals surface area contributed by atoms with Crippen LogP contribution in [0.1, 0.15) is 18.9 Å². The second-order valence-electron chi connectivity index (χ2n) is 3.18. The fraction of sp³-hybridized carbons (Fsp3) is 0.500. The highest BCUT2D eigenvalue weighted by Crippen LogP contribution is 1.94. The number of nitrogens with one attached hydrogen (secondary N) is 1. The van der Waals surface area contributed by atoms with E-state index in [1.165, 1.54) is 5.56 Å². The average molecular weight is 180 g/mol. The van der Waals surface area contributed by atoms with Crippen LogP contribution in [0.15, 0.2) is 24.5 Å². The molecule has 3 heteroatoms. The van der Waals surface area contributed by atoms with Crippen molar-refractivity contribution in [2.24, 2.45) is 0 Å². The van der Waals surface area contributed by atoms with Crippen LogP contribution in [0.5, 0.6) is 0 Å². The molecule has 1 aromatic rings. The summed E-state index contributed by atoms with van der Waals surface area (Å²) in [6.07, 6.45) is 4.18. The molecular weight excluding hydrogens is 164 g/mol. The molecule has 0 aliphatic carbocycles. The van der Waals surface area contributed by atoms with Gasteiger partial charge >= 0.3 is 0 Å². The molecule has 2 N–H and O–H groups in total. The van der Waals surface area contributed by atoms with Gasteiger partial charge in [-0.15, -0.1) is 0 Å². The second-order valence-corrected chi connectivity index (χ2v) is 3.18. The molecule has 0 amide bonds. The Morgan fingerprint density at radius 3 is 3.08 bits per heavy atom. The molecule has 1 rings (SSSR count). The molecule has 1 atom stereocenters. The lowest BCUT2D eigenvalue weighted by Gasteiger charge is -2.05. The Labute approximate surface area is 78.8 Å². The van der Waals surface area contributed by atoms with Gasteiger partial charge in [-0.2, -0.15) is 0 Å². The summed E-state index contributed by atoms with van der Waals surface area (Å²) in [5.74, 6) is 0. The largest absolute Gasteiger partial charge is 0.393 e. The molecule has 0 saturated carbocycles. The van der Waals surface area contributed by atoms with Crippen molar-refractivity contribution in [2.45, 2.75) is 26.0 Å². The SMILES string of the molecule is CC(O)CCNCc1cccnc1. The standard InChI is InChI=1S/C10H16N2O/c1-9(13)4-6-12-8-10-3-2-5-11-7-10/h2-3,5,7,9,12-13H,4,6,8H2,1H3. The van der Waals surface area contributed by atoms with Crippen molar-refractivity contribution in [2.75, 3.05) is 6.54 Å². The lowest BCUT2D eigenvalue weighted by molar-refractivity contribution is 0.183. The summed E-state index contributed by atoms with van der Waals surface area (Å²) in [5.41, 5.74) is 1.17. The molecule has 13 heavy (non-hydrogen) atoms. The van der Waals surface area contributed by atoms with Crippen molar-refractivity contribution >= 4 is 0 Å². The Morgan fingerprint density at radius 1 is 1.62 bits per heavy atom. The molecule has 3 nitrogen and oxygen atoms in total. The van der Waals surface area contributed by atoms with E-state index in [0.717, 1.165) is 19.5 Å². The lowest BCUT2D eigenvalue weighted by Crippen LogP contribution is -2.18. The van der Waals surface area contributed by atoms with Crippen LogP contribution in [0.2, 0.25) is 0 Å². The highest BCUT2D eigenvalue weighted by atomic mass is 16.3. The Bertz CT molecular complexity index is 224. The van der Waals surface area contributed by atoms with Crippen LogP contribution in [0.25, 0.3) is 0 Å². The third kappa shape index (κ3) is 4.60. The summed E-state index contributed by atoms with van der Waals surface area (Å²) in [5, 5.41) is 12.2. The summed E-state index contributed by atoms with van der Waals surface area (Å²) in [6, 6.07) is 3.95. The van der Waals surface area contributed by atoms with Crippen LogP contribution in [0, 0.1) is 0 Å². The topological polar surface area (TPSA) is 45.1 Å². The third-order valence-electron chi connectivity index (χ3n) is 1.79. The maximum Gasteiger partial charge on any atom is 0.0524 e. The van der Waals surface area contributed by atoms with Crippen LogP contribution in [0.3, 0.4) is 0 Å². The smallest absolute Gasteiger partial charge is 0.0524 e. The first-order valence-corrected chi connectivity index (χ1v) is 4.56. The van der Waals surface area contributed by atoms with Crippen LogP contribution >= 0.6 is 0 Å². The van der Waals surface area contributed by atoms with E-state index in [1.807, 2.05) is 18.3 Å². The molecule has 0 radical (unpaired) electrons. The number of aliphatic hydroxyl groups is 1. The molecule has 0 aliphatic rings. The monoisotopic (exact) mass is 180 g/mol. The molecule has 72 valence electrons. The molecule has 0 spiro atoms. The number of hydrogen-bond donors (Lipinski definition) is 2. The molecule has 1 aromatic heterocycles. The highest BCUT2D eigenvalue weighted by Gasteiger charge is 1.95. The van der Waals surface area contributed by atoms with Gasteiger partial charge in [0, 0.05) is 18.9 Å². The maximum atomic E-state index is 9.00. The van der Waals surface area contributed by atoms with Crippen molar-refractivity contribution < 1.29 is 5.11 Å². The number of rotatable bonds is 5. The van der Waals surface area contributed by atoms with E-state index >= 15 is 0 Å². The first kappa shape index (κ1) is 10.2. The van der Waals surface area contributed by atoms with E-state index in [1.54, 1.807) is 13.1 Å². The highest BCUT2D eigenvalue weighted by molar-refractivity contribution is 5.07. The fourth-order valence-electron chi connectivity index (χ4n) is 1.05. The summed E-state index contributed by atoms with van der Waals surface area (Å²) < 4.78 is 0. The Kier molecular flexibility index (Phi) is 4.43. The average Bonchev–Trinajstić information content (AvgIpc) is 2.14. The zero-order chi connectivity index (χ0) is 9.52. The van der Waals surface area contributed by atoms with Crippen molar-refractivity contribution in [3.8, 4) is 0 Å². The number of nitrogens with zero attached hydrogens (tertiary/aromatic N) is 1. The summed E-state index contributed by atoms with van der Waals surface area (Å²) >= 11 is 0. The molecule has 0 saturated heterocycles. The minimum atomic E-state index is -0.221. The fourth-order valence-corrected chi connectivity index (χ4v) is 1.05. The Hall–Kier alpha value is -0.930. The van der Waals surface area contributed by atoms with Gasteiger partial charge in [0.2, 0.25) is 0 Å². The van der Waals surface area contributed by atoms with Gasteiger partial charge in [0.15, 0.2) is 0 Å². The van der Waals surface area contributed by atoms with E-state index in [0.29, 0.717) is 0 Å². The predicted octanol–water partition coefficient (Wildman–Crippen LogP) is 0.942. The third-order valence-corrected chi connectivity index (χ3v) is 1.79. The molecule has 1 heterocycles. The van der Waals surface area contributed by atoms with Gasteiger partial charge in [-0.1, -0.05) is 6.07 Å². The Balaban J connectivity index is 2.13. The van der Waals surface area contributed by atoms with Gasteiger partial charge < -0.3 is 10.4 Å². The van der Waals surface area contributed by atoms with Crippen LogP contribution < -0.4 is 5.32 Å². The second kappa shape index (κ2) is 5.67. The Morgan fingerprint density at radius 2 is 2.46 bits per heavy atom. The minimum absolute atomic E-state index is 0.221. The summed E-state index contributed by atoms with van der Waals surface area (Å²) in [6.45, 7) is 3.46. The van der Waals surface area contributed by atoms with E-state index in [-0.39, 0.29) is 6.10 Å². The zero-order valence-corrected chi connectivity index (χ0v) is 7.90. The number of aliphatic hydroxyl groups excluding tert-OH is 1. The zero-order valence-electron chi connectivity index (χ0n) is 7.90. The summed E-state index contributed by atoms with van der Waals surface area (Å²) in [7, 11) is 0. The number of aromatic nitrogens is 1. The van der Waals surface area contributed by atoms with E-state index in [9.17, 15) is 0 Å². The van der Waals surface area contributed by atoms with Gasteiger partial charge in [-0.3, -0.25) is 4.98 Å². The molecule has 1 unspecified atom stereocenters. The quantitative estimate of drug-likeness (QED) is 0.663. The van der Waals surface area contributed by atoms with E-state index < -0.39 is 0 Å². The first-order chi connectivity index (χ1) is 6.29. The van der Waals surface area contributed by atoms with Crippen molar-refractivity contribution in [3.05, 3.63) is 30.1 Å². The van der Waals surface area contributed by atoms with Crippen molar-refractivity contribution in [3.63, 3.8) is 0 Å². The van der Waals surface area contributed by atoms with Crippen LogP contribution in [0.4, 0.5) is 0 Å². The van der Waals surface area contributed by atoms with Gasteiger partial charge in [0.25, 0.3) is 0 Å². The maximum absolute atomic E-state index is 9.00. The first-order valence-electron chi connectivity index (χ1n) is 4.56. The number of hydrogen-bond acceptors (Lipinski definition) is 3. The van der Waals surface area contributed by atoms with Gasteiger partial charge in [0.1, 0.15) is 0 Å².